The lowest BCUT2D eigenvalue weighted by molar-refractivity contribution is -0.140. The summed E-state index contributed by atoms with van der Waals surface area (Å²) >= 11 is 0. The number of ketones is 1. The Hall–Kier alpha value is -3.80. The van der Waals surface area contributed by atoms with Crippen molar-refractivity contribution in [1.82, 2.24) is 4.90 Å². The maximum absolute atomic E-state index is 13.4. The number of methoxy groups -OCH3 is 1. The van der Waals surface area contributed by atoms with Crippen molar-refractivity contribution in [2.45, 2.75) is 59.0 Å². The van der Waals surface area contributed by atoms with E-state index in [1.54, 1.807) is 19.2 Å². The van der Waals surface area contributed by atoms with Gasteiger partial charge in [0.1, 0.15) is 17.3 Å². The smallest absolute Gasteiger partial charge is 0.296 e. The van der Waals surface area contributed by atoms with E-state index in [4.69, 9.17) is 9.15 Å². The number of benzene rings is 2. The SMILES string of the molecule is COc1cc(C)c(/C(O)=C2\C(=O)C(=O)N(Cc3ccco3)C2c2ccc(C(C)C)cc2)cc1C(C)C. The van der Waals surface area contributed by atoms with Crippen molar-refractivity contribution < 1.29 is 23.8 Å². The molecule has 1 fully saturated rings. The maximum atomic E-state index is 13.4. The number of aliphatic hydroxyl groups is 1. The molecule has 1 N–H and O–H groups in total. The van der Waals surface area contributed by atoms with Gasteiger partial charge in [0.25, 0.3) is 11.7 Å². The number of hydrogen-bond donors (Lipinski definition) is 1. The Labute approximate surface area is 212 Å². The van der Waals surface area contributed by atoms with Crippen LogP contribution in [-0.2, 0) is 16.1 Å². The second-order valence-corrected chi connectivity index (χ2v) is 9.89. The Morgan fingerprint density at radius 1 is 1.06 bits per heavy atom. The van der Waals surface area contributed by atoms with E-state index in [0.29, 0.717) is 17.2 Å². The molecule has 2 heterocycles. The fraction of sp³-hybridized carbons (Fsp3) is 0.333. The molecule has 1 atom stereocenters. The zero-order chi connectivity index (χ0) is 26.1. The van der Waals surface area contributed by atoms with Gasteiger partial charge in [0.2, 0.25) is 0 Å². The van der Waals surface area contributed by atoms with Crippen molar-refractivity contribution in [2.24, 2.45) is 0 Å². The molecular formula is C30H33NO5. The van der Waals surface area contributed by atoms with Crippen LogP contribution in [0, 0.1) is 6.92 Å². The van der Waals surface area contributed by atoms with E-state index in [1.165, 1.54) is 11.2 Å². The number of aryl methyl sites for hydroxylation is 1. The number of aliphatic hydroxyl groups excluding tert-OH is 1. The fourth-order valence-electron chi connectivity index (χ4n) is 4.75. The van der Waals surface area contributed by atoms with E-state index in [2.05, 4.69) is 13.8 Å². The highest BCUT2D eigenvalue weighted by Gasteiger charge is 2.46. The number of nitrogens with zero attached hydrogens (tertiary/aromatic N) is 1. The first kappa shape index (κ1) is 25.3. The standard InChI is InChI=1S/C30H33NO5/c1-17(2)20-9-11-21(12-10-20)27-26(29(33)30(34)31(27)16-22-8-7-13-36-22)28(32)24-15-23(18(3)4)25(35-6)14-19(24)5/h7-15,17-18,27,32H,16H2,1-6H3/b28-26+. The average Bonchev–Trinajstić information content (AvgIpc) is 3.45. The molecule has 1 unspecified atom stereocenters. The summed E-state index contributed by atoms with van der Waals surface area (Å²) in [5.74, 6) is 0.189. The van der Waals surface area contributed by atoms with Gasteiger partial charge in [-0.25, -0.2) is 0 Å². The van der Waals surface area contributed by atoms with Gasteiger partial charge in [0.15, 0.2) is 0 Å². The third-order valence-corrected chi connectivity index (χ3v) is 6.82. The van der Waals surface area contributed by atoms with E-state index in [0.717, 1.165) is 28.0 Å². The van der Waals surface area contributed by atoms with Crippen molar-refractivity contribution in [3.05, 3.63) is 93.9 Å². The lowest BCUT2D eigenvalue weighted by Gasteiger charge is -2.25. The molecule has 1 saturated heterocycles. The topological polar surface area (TPSA) is 80.0 Å². The summed E-state index contributed by atoms with van der Waals surface area (Å²) in [4.78, 5) is 28.1. The lowest BCUT2D eigenvalue weighted by Crippen LogP contribution is -2.29. The maximum Gasteiger partial charge on any atom is 0.296 e. The monoisotopic (exact) mass is 487 g/mol. The molecule has 1 aromatic heterocycles. The van der Waals surface area contributed by atoms with E-state index < -0.39 is 17.7 Å². The summed E-state index contributed by atoms with van der Waals surface area (Å²) in [5.41, 5.74) is 4.15. The van der Waals surface area contributed by atoms with Crippen molar-refractivity contribution >= 4 is 17.4 Å². The predicted octanol–water partition coefficient (Wildman–Crippen LogP) is 6.47. The average molecular weight is 488 g/mol. The van der Waals surface area contributed by atoms with Crippen LogP contribution >= 0.6 is 0 Å². The Morgan fingerprint density at radius 3 is 2.31 bits per heavy atom. The Bertz CT molecular complexity index is 1300. The normalized spacial score (nSPS) is 17.4. The molecule has 0 radical (unpaired) electrons. The molecule has 0 saturated carbocycles. The summed E-state index contributed by atoms with van der Waals surface area (Å²) in [6.07, 6.45) is 1.53. The van der Waals surface area contributed by atoms with Crippen LogP contribution in [0.3, 0.4) is 0 Å². The molecule has 1 amide bonds. The number of amides is 1. The van der Waals surface area contributed by atoms with Crippen molar-refractivity contribution in [3.63, 3.8) is 0 Å². The molecule has 0 spiro atoms. The predicted molar refractivity (Wildman–Crippen MR) is 139 cm³/mol. The van der Waals surface area contributed by atoms with Crippen LogP contribution < -0.4 is 4.74 Å². The quantitative estimate of drug-likeness (QED) is 0.235. The molecule has 4 rings (SSSR count). The molecule has 0 aliphatic carbocycles. The van der Waals surface area contributed by atoms with Gasteiger partial charge in [-0.05, 0) is 65.3 Å². The number of carbonyl (C=O) groups is 2. The third-order valence-electron chi connectivity index (χ3n) is 6.82. The van der Waals surface area contributed by atoms with Gasteiger partial charge in [0.05, 0.1) is 31.5 Å². The molecule has 0 bridgehead atoms. The van der Waals surface area contributed by atoms with E-state index in [1.807, 2.05) is 57.2 Å². The van der Waals surface area contributed by atoms with Gasteiger partial charge in [-0.1, -0.05) is 52.0 Å². The highest BCUT2D eigenvalue weighted by molar-refractivity contribution is 6.46. The van der Waals surface area contributed by atoms with Crippen molar-refractivity contribution in [1.29, 1.82) is 0 Å². The molecule has 188 valence electrons. The van der Waals surface area contributed by atoms with Crippen LogP contribution in [0.4, 0.5) is 0 Å². The van der Waals surface area contributed by atoms with Gasteiger partial charge < -0.3 is 19.2 Å². The summed E-state index contributed by atoms with van der Waals surface area (Å²) in [6.45, 7) is 10.3. The molecule has 6 heteroatoms. The van der Waals surface area contributed by atoms with Crippen LogP contribution in [0.5, 0.6) is 5.75 Å². The van der Waals surface area contributed by atoms with E-state index in [-0.39, 0.29) is 23.8 Å². The Balaban J connectivity index is 1.91. The van der Waals surface area contributed by atoms with Crippen LogP contribution in [0.1, 0.15) is 79.2 Å². The largest absolute Gasteiger partial charge is 0.507 e. The minimum atomic E-state index is -0.750. The summed E-state index contributed by atoms with van der Waals surface area (Å²) < 4.78 is 11.0. The molecular weight excluding hydrogens is 454 g/mol. The van der Waals surface area contributed by atoms with Gasteiger partial charge in [-0.2, -0.15) is 0 Å². The number of rotatable bonds is 7. The molecule has 2 aromatic carbocycles. The minimum absolute atomic E-state index is 0.0758. The molecule has 3 aromatic rings. The van der Waals surface area contributed by atoms with Gasteiger partial charge in [-0.15, -0.1) is 0 Å². The summed E-state index contributed by atoms with van der Waals surface area (Å²) in [6, 6.07) is 14.3. The molecule has 36 heavy (non-hydrogen) atoms. The first-order chi connectivity index (χ1) is 17.1. The Kier molecular flexibility index (Phi) is 7.07. The number of hydrogen-bond acceptors (Lipinski definition) is 5. The molecule has 1 aliphatic heterocycles. The van der Waals surface area contributed by atoms with Crippen molar-refractivity contribution in [2.75, 3.05) is 7.11 Å². The number of Topliss-reactive ketones (excluding diaryl/α,β-unsaturated/α-hetero) is 1. The number of likely N-dealkylation sites (tertiary alicyclic amines) is 1. The van der Waals surface area contributed by atoms with Crippen molar-refractivity contribution in [3.8, 4) is 5.75 Å². The first-order valence-electron chi connectivity index (χ1n) is 12.2. The zero-order valence-corrected chi connectivity index (χ0v) is 21.7. The summed E-state index contributed by atoms with van der Waals surface area (Å²) in [5, 5.41) is 11.6. The van der Waals surface area contributed by atoms with Crippen LogP contribution in [-0.4, -0.2) is 28.8 Å². The van der Waals surface area contributed by atoms with Crippen LogP contribution in [0.15, 0.2) is 64.8 Å². The highest BCUT2D eigenvalue weighted by Crippen LogP contribution is 2.42. The zero-order valence-electron chi connectivity index (χ0n) is 21.7. The number of furan rings is 1. The molecule has 6 nitrogen and oxygen atoms in total. The second-order valence-electron chi connectivity index (χ2n) is 9.89. The van der Waals surface area contributed by atoms with Crippen LogP contribution in [0.2, 0.25) is 0 Å². The van der Waals surface area contributed by atoms with Crippen LogP contribution in [0.25, 0.3) is 5.76 Å². The first-order valence-corrected chi connectivity index (χ1v) is 12.2. The highest BCUT2D eigenvalue weighted by atomic mass is 16.5. The lowest BCUT2D eigenvalue weighted by atomic mass is 9.90. The fourth-order valence-corrected chi connectivity index (χ4v) is 4.75. The van der Waals surface area contributed by atoms with Gasteiger partial charge in [0, 0.05) is 5.56 Å². The minimum Gasteiger partial charge on any atom is -0.507 e. The number of ether oxygens (including phenoxy) is 1. The molecule has 1 aliphatic rings. The van der Waals surface area contributed by atoms with E-state index >= 15 is 0 Å². The summed E-state index contributed by atoms with van der Waals surface area (Å²) in [7, 11) is 1.61. The second kappa shape index (κ2) is 10.1. The van der Waals surface area contributed by atoms with E-state index in [9.17, 15) is 14.7 Å². The Morgan fingerprint density at radius 2 is 1.75 bits per heavy atom. The third kappa shape index (κ3) is 4.55. The number of carbonyl (C=O) groups excluding carboxylic acids is 2. The van der Waals surface area contributed by atoms with Gasteiger partial charge >= 0.3 is 0 Å². The van der Waals surface area contributed by atoms with Gasteiger partial charge in [-0.3, -0.25) is 9.59 Å².